The van der Waals surface area contributed by atoms with Crippen molar-refractivity contribution in [1.82, 2.24) is 30.0 Å². The number of aryl methyl sites for hydroxylation is 2. The van der Waals surface area contributed by atoms with E-state index in [0.717, 1.165) is 11.4 Å². The summed E-state index contributed by atoms with van der Waals surface area (Å²) in [5, 5.41) is 10.7. The van der Waals surface area contributed by atoms with Crippen LogP contribution in [0.2, 0.25) is 10.0 Å². The summed E-state index contributed by atoms with van der Waals surface area (Å²) in [6, 6.07) is 7.01. The van der Waals surface area contributed by atoms with E-state index in [-0.39, 0.29) is 12.4 Å². The average Bonchev–Trinajstić information content (AvgIpc) is 3.40. The molecule has 0 bridgehead atoms. The van der Waals surface area contributed by atoms with Gasteiger partial charge < -0.3 is 15.1 Å². The van der Waals surface area contributed by atoms with E-state index in [1.165, 1.54) is 6.26 Å². The van der Waals surface area contributed by atoms with Crippen LogP contribution in [0.15, 0.2) is 47.3 Å². The second-order valence-electron chi connectivity index (χ2n) is 6.62. The Labute approximate surface area is 187 Å². The number of aromatic nitrogens is 5. The van der Waals surface area contributed by atoms with Gasteiger partial charge in [-0.25, -0.2) is 15.0 Å². The summed E-state index contributed by atoms with van der Waals surface area (Å²) in [7, 11) is 1.80. The highest BCUT2D eigenvalue weighted by molar-refractivity contribution is 6.42. The molecule has 31 heavy (non-hydrogen) atoms. The molecule has 158 valence electrons. The Morgan fingerprint density at radius 1 is 1.23 bits per heavy atom. The van der Waals surface area contributed by atoms with Gasteiger partial charge in [-0.1, -0.05) is 35.3 Å². The molecular weight excluding hydrogens is 441 g/mol. The zero-order valence-electron chi connectivity index (χ0n) is 16.6. The lowest BCUT2D eigenvalue weighted by molar-refractivity contribution is 0.0916. The van der Waals surface area contributed by atoms with Crippen LogP contribution < -0.4 is 10.6 Å². The van der Waals surface area contributed by atoms with Gasteiger partial charge in [-0.2, -0.15) is 5.10 Å². The first-order valence-corrected chi connectivity index (χ1v) is 9.93. The Morgan fingerprint density at radius 2 is 2.06 bits per heavy atom. The number of nitrogens with zero attached hydrogens (tertiary/aromatic N) is 5. The number of amides is 1. The van der Waals surface area contributed by atoms with Crippen molar-refractivity contribution in [3.63, 3.8) is 0 Å². The molecular formula is C20H17Cl2N7O2. The minimum atomic E-state index is -0.484. The quantitative estimate of drug-likeness (QED) is 0.447. The summed E-state index contributed by atoms with van der Waals surface area (Å²) in [6.07, 6.45) is 4.71. The van der Waals surface area contributed by atoms with Crippen LogP contribution >= 0.6 is 23.2 Å². The fourth-order valence-electron chi connectivity index (χ4n) is 2.80. The Balaban J connectivity index is 1.50. The van der Waals surface area contributed by atoms with Crippen LogP contribution in [0.25, 0.3) is 11.4 Å². The number of benzene rings is 1. The predicted octanol–water partition coefficient (Wildman–Crippen LogP) is 4.15. The van der Waals surface area contributed by atoms with E-state index < -0.39 is 5.91 Å². The van der Waals surface area contributed by atoms with Crippen LogP contribution in [0.5, 0.6) is 0 Å². The number of carbonyl (C=O) groups is 1. The first kappa shape index (κ1) is 20.8. The molecule has 9 nitrogen and oxygen atoms in total. The number of rotatable bonds is 6. The van der Waals surface area contributed by atoms with Crippen molar-refractivity contribution in [2.24, 2.45) is 7.05 Å². The van der Waals surface area contributed by atoms with Crippen LogP contribution in [0.3, 0.4) is 0 Å². The van der Waals surface area contributed by atoms with Gasteiger partial charge in [0.1, 0.15) is 23.5 Å². The van der Waals surface area contributed by atoms with Crippen LogP contribution in [0, 0.1) is 6.92 Å². The molecule has 3 heterocycles. The van der Waals surface area contributed by atoms with Crippen molar-refractivity contribution in [1.29, 1.82) is 0 Å². The normalized spacial score (nSPS) is 10.8. The summed E-state index contributed by atoms with van der Waals surface area (Å²) < 4.78 is 7.03. The molecule has 0 aliphatic carbocycles. The largest absolute Gasteiger partial charge is 0.440 e. The number of hydrogen-bond donors (Lipinski definition) is 2. The summed E-state index contributed by atoms with van der Waals surface area (Å²) in [5.74, 6) is 0.526. The van der Waals surface area contributed by atoms with Gasteiger partial charge in [-0.3, -0.25) is 9.48 Å². The van der Waals surface area contributed by atoms with Gasteiger partial charge in [0.25, 0.3) is 5.89 Å². The SMILES string of the molecule is Cc1cnc(Nc2ccnn2C)nc1-c1coc(C(=O)NCc2cccc(Cl)c2Cl)n1. The van der Waals surface area contributed by atoms with E-state index in [2.05, 4.69) is 30.7 Å². The minimum Gasteiger partial charge on any atom is -0.440 e. The zero-order valence-corrected chi connectivity index (χ0v) is 18.1. The lowest BCUT2D eigenvalue weighted by Gasteiger charge is -2.07. The number of oxazole rings is 1. The van der Waals surface area contributed by atoms with Crippen molar-refractivity contribution in [2.45, 2.75) is 13.5 Å². The van der Waals surface area contributed by atoms with E-state index in [4.69, 9.17) is 27.6 Å². The number of carbonyl (C=O) groups excluding carboxylic acids is 1. The molecule has 1 amide bonds. The standard InChI is InChI=1S/C20H17Cl2N7O2/c1-11-8-24-20(27-15-6-7-25-29(15)2)28-17(11)14-10-31-19(26-14)18(30)23-9-12-4-3-5-13(21)16(12)22/h3-8,10H,9H2,1-2H3,(H,23,30)(H,24,27,28). The van der Waals surface area contributed by atoms with Gasteiger partial charge in [-0.15, -0.1) is 0 Å². The van der Waals surface area contributed by atoms with Crippen molar-refractivity contribution in [3.05, 3.63) is 70.0 Å². The first-order chi connectivity index (χ1) is 14.9. The smallest absolute Gasteiger partial charge is 0.307 e. The van der Waals surface area contributed by atoms with Gasteiger partial charge in [-0.05, 0) is 24.1 Å². The minimum absolute atomic E-state index is 0.0905. The number of nitrogens with one attached hydrogen (secondary N) is 2. The maximum atomic E-state index is 12.5. The molecule has 4 rings (SSSR count). The molecule has 11 heteroatoms. The molecule has 0 aliphatic rings. The lowest BCUT2D eigenvalue weighted by atomic mass is 10.2. The number of halogens is 2. The van der Waals surface area contributed by atoms with Gasteiger partial charge in [0, 0.05) is 25.9 Å². The third-order valence-corrected chi connectivity index (χ3v) is 5.30. The molecule has 0 spiro atoms. The molecule has 1 aromatic carbocycles. The van der Waals surface area contributed by atoms with Crippen molar-refractivity contribution >= 4 is 40.9 Å². The highest BCUT2D eigenvalue weighted by atomic mass is 35.5. The summed E-state index contributed by atoms with van der Waals surface area (Å²) >= 11 is 12.2. The van der Waals surface area contributed by atoms with E-state index in [9.17, 15) is 4.79 Å². The van der Waals surface area contributed by atoms with Crippen LogP contribution in [-0.2, 0) is 13.6 Å². The molecule has 0 atom stereocenters. The number of anilines is 2. The first-order valence-electron chi connectivity index (χ1n) is 9.18. The summed E-state index contributed by atoms with van der Waals surface area (Å²) in [4.78, 5) is 25.5. The molecule has 0 aliphatic heterocycles. The average molecular weight is 458 g/mol. The predicted molar refractivity (Wildman–Crippen MR) is 116 cm³/mol. The maximum Gasteiger partial charge on any atom is 0.307 e. The number of hydrogen-bond acceptors (Lipinski definition) is 7. The zero-order chi connectivity index (χ0) is 22.0. The Bertz CT molecular complexity index is 1250. The van der Waals surface area contributed by atoms with Crippen LogP contribution in [0.4, 0.5) is 11.8 Å². The molecule has 2 N–H and O–H groups in total. The molecule has 0 fully saturated rings. The second-order valence-corrected chi connectivity index (χ2v) is 7.41. The van der Waals surface area contributed by atoms with E-state index in [0.29, 0.717) is 32.9 Å². The third kappa shape index (κ3) is 4.52. The molecule has 0 radical (unpaired) electrons. The second kappa shape index (κ2) is 8.75. The monoisotopic (exact) mass is 457 g/mol. The summed E-state index contributed by atoms with van der Waals surface area (Å²) in [6.45, 7) is 2.03. The molecule has 3 aromatic heterocycles. The highest BCUT2D eigenvalue weighted by Gasteiger charge is 2.17. The molecule has 0 saturated heterocycles. The van der Waals surface area contributed by atoms with Crippen LogP contribution in [0.1, 0.15) is 21.8 Å². The Morgan fingerprint density at radius 3 is 2.84 bits per heavy atom. The van der Waals surface area contributed by atoms with Crippen molar-refractivity contribution in [2.75, 3.05) is 5.32 Å². The molecule has 0 unspecified atom stereocenters. The lowest BCUT2D eigenvalue weighted by Crippen LogP contribution is -2.23. The van der Waals surface area contributed by atoms with Gasteiger partial charge in [0.15, 0.2) is 0 Å². The van der Waals surface area contributed by atoms with E-state index >= 15 is 0 Å². The Hall–Kier alpha value is -3.43. The summed E-state index contributed by atoms with van der Waals surface area (Å²) in [5.41, 5.74) is 2.42. The third-order valence-electron chi connectivity index (χ3n) is 4.44. The highest BCUT2D eigenvalue weighted by Crippen LogP contribution is 2.26. The maximum absolute atomic E-state index is 12.5. The Kier molecular flexibility index (Phi) is 5.88. The topological polar surface area (TPSA) is 111 Å². The van der Waals surface area contributed by atoms with E-state index in [1.54, 1.807) is 48.4 Å². The van der Waals surface area contributed by atoms with E-state index in [1.807, 2.05) is 6.92 Å². The van der Waals surface area contributed by atoms with Crippen LogP contribution in [-0.4, -0.2) is 30.6 Å². The van der Waals surface area contributed by atoms with Gasteiger partial charge in [0.05, 0.1) is 16.2 Å². The molecule has 4 aromatic rings. The molecule has 0 saturated carbocycles. The van der Waals surface area contributed by atoms with Crippen molar-refractivity contribution in [3.8, 4) is 11.4 Å². The fourth-order valence-corrected chi connectivity index (χ4v) is 3.18. The van der Waals surface area contributed by atoms with Gasteiger partial charge in [0.2, 0.25) is 5.95 Å². The van der Waals surface area contributed by atoms with Crippen molar-refractivity contribution < 1.29 is 9.21 Å². The fraction of sp³-hybridized carbons (Fsp3) is 0.150. The van der Waals surface area contributed by atoms with Gasteiger partial charge >= 0.3 is 5.91 Å².